The lowest BCUT2D eigenvalue weighted by Crippen LogP contribution is -2.51. The normalized spacial score (nSPS) is 16.0. The number of benzene rings is 1. The van der Waals surface area contributed by atoms with E-state index in [1.165, 1.54) is 20.3 Å². The van der Waals surface area contributed by atoms with Crippen molar-refractivity contribution in [2.45, 2.75) is 32.7 Å². The van der Waals surface area contributed by atoms with Crippen LogP contribution in [0.5, 0.6) is 11.5 Å². The summed E-state index contributed by atoms with van der Waals surface area (Å²) in [6.45, 7) is 4.37. The molecule has 1 fully saturated rings. The summed E-state index contributed by atoms with van der Waals surface area (Å²) in [5.41, 5.74) is 0.303. The number of anilines is 1. The lowest BCUT2D eigenvalue weighted by Gasteiger charge is -2.36. The van der Waals surface area contributed by atoms with Crippen LogP contribution in [0, 0.1) is 5.92 Å². The van der Waals surface area contributed by atoms with E-state index in [4.69, 9.17) is 14.2 Å². The lowest BCUT2D eigenvalue weighted by atomic mass is 9.96. The average Bonchev–Trinajstić information content (AvgIpc) is 2.72. The molecule has 0 saturated carbocycles. The van der Waals surface area contributed by atoms with Crippen LogP contribution in [0.2, 0.25) is 0 Å². The highest BCUT2D eigenvalue weighted by atomic mass is 32.2. The van der Waals surface area contributed by atoms with Crippen molar-refractivity contribution in [2.75, 3.05) is 44.5 Å². The zero-order valence-electron chi connectivity index (χ0n) is 18.1. The molecule has 1 aliphatic heterocycles. The van der Waals surface area contributed by atoms with Crippen molar-refractivity contribution >= 4 is 27.6 Å². The van der Waals surface area contributed by atoms with Gasteiger partial charge in [0, 0.05) is 19.2 Å². The number of amides is 1. The number of sulfonamides is 1. The maximum atomic E-state index is 13.1. The van der Waals surface area contributed by atoms with Crippen molar-refractivity contribution in [1.29, 1.82) is 0 Å². The van der Waals surface area contributed by atoms with Crippen LogP contribution in [0.3, 0.4) is 0 Å². The minimum absolute atomic E-state index is 0.235. The molecule has 1 aliphatic rings. The van der Waals surface area contributed by atoms with Crippen LogP contribution in [-0.4, -0.2) is 71.4 Å². The van der Waals surface area contributed by atoms with E-state index in [2.05, 4.69) is 0 Å². The molecule has 0 aromatic heterocycles. The zero-order valence-corrected chi connectivity index (χ0v) is 18.9. The molecule has 0 N–H and O–H groups in total. The Kier molecular flexibility index (Phi) is 7.94. The Morgan fingerprint density at radius 2 is 1.77 bits per heavy atom. The molecule has 0 spiro atoms. The van der Waals surface area contributed by atoms with Gasteiger partial charge in [-0.15, -0.1) is 0 Å². The number of carbonyl (C=O) groups is 2. The second-order valence-corrected chi connectivity index (χ2v) is 8.99. The summed E-state index contributed by atoms with van der Waals surface area (Å²) in [5, 5.41) is 0. The number of ether oxygens (including phenoxy) is 3. The van der Waals surface area contributed by atoms with Crippen molar-refractivity contribution < 1.29 is 32.2 Å². The van der Waals surface area contributed by atoms with Gasteiger partial charge in [0.2, 0.25) is 15.9 Å². The summed E-state index contributed by atoms with van der Waals surface area (Å²) < 4.78 is 41.7. The zero-order chi connectivity index (χ0) is 22.5. The lowest BCUT2D eigenvalue weighted by molar-refractivity contribution is -0.151. The number of piperidine rings is 1. The number of carbonyl (C=O) groups excluding carboxylic acids is 2. The van der Waals surface area contributed by atoms with Crippen molar-refractivity contribution in [1.82, 2.24) is 4.90 Å². The van der Waals surface area contributed by atoms with Crippen LogP contribution in [-0.2, 0) is 24.3 Å². The smallest absolute Gasteiger partial charge is 0.309 e. The molecule has 0 bridgehead atoms. The fourth-order valence-electron chi connectivity index (χ4n) is 3.62. The Hall–Kier alpha value is -2.49. The SMILES string of the molecule is CCOC(=O)C1CCN(C(=O)[C@@H](C)N(c2ccc(OC)c(OC)c2)S(C)(=O)=O)CC1. The quantitative estimate of drug-likeness (QED) is 0.564. The Labute approximate surface area is 177 Å². The number of methoxy groups -OCH3 is 2. The van der Waals surface area contributed by atoms with E-state index >= 15 is 0 Å². The Balaban J connectivity index is 2.21. The standard InChI is InChI=1S/C20H30N2O7S/c1-6-29-20(24)15-9-11-21(12-10-15)19(23)14(2)22(30(5,25)26)16-7-8-17(27-3)18(13-16)28-4/h7-8,13-15H,6,9-12H2,1-5H3/t14-/m1/s1. The minimum Gasteiger partial charge on any atom is -0.493 e. The fourth-order valence-corrected chi connectivity index (χ4v) is 4.79. The molecule has 1 amide bonds. The number of hydrogen-bond acceptors (Lipinski definition) is 7. The third kappa shape index (κ3) is 5.35. The Morgan fingerprint density at radius 3 is 2.27 bits per heavy atom. The van der Waals surface area contributed by atoms with Crippen LogP contribution in [0.4, 0.5) is 5.69 Å². The van der Waals surface area contributed by atoms with Gasteiger partial charge in [-0.25, -0.2) is 8.42 Å². The van der Waals surface area contributed by atoms with Crippen LogP contribution in [0.15, 0.2) is 18.2 Å². The van der Waals surface area contributed by atoms with Crippen molar-refractivity contribution in [3.8, 4) is 11.5 Å². The molecular formula is C20H30N2O7S. The van der Waals surface area contributed by atoms with Crippen molar-refractivity contribution in [2.24, 2.45) is 5.92 Å². The molecule has 1 atom stereocenters. The van der Waals surface area contributed by atoms with Gasteiger partial charge in [-0.2, -0.15) is 0 Å². The number of rotatable bonds is 8. The number of esters is 1. The van der Waals surface area contributed by atoms with E-state index in [1.54, 1.807) is 30.9 Å². The highest BCUT2D eigenvalue weighted by molar-refractivity contribution is 7.92. The molecule has 1 aromatic rings. The van der Waals surface area contributed by atoms with Gasteiger partial charge in [-0.3, -0.25) is 13.9 Å². The van der Waals surface area contributed by atoms with E-state index in [0.29, 0.717) is 49.7 Å². The van der Waals surface area contributed by atoms with Crippen molar-refractivity contribution in [3.63, 3.8) is 0 Å². The predicted octanol–water partition coefficient (Wildman–Crippen LogP) is 1.66. The van der Waals surface area contributed by atoms with Gasteiger partial charge in [0.1, 0.15) is 6.04 Å². The third-order valence-electron chi connectivity index (χ3n) is 5.11. The number of hydrogen-bond donors (Lipinski definition) is 0. The molecule has 1 aromatic carbocycles. The van der Waals surface area contributed by atoms with E-state index in [-0.39, 0.29) is 17.8 Å². The van der Waals surface area contributed by atoms with Gasteiger partial charge in [0.05, 0.1) is 38.7 Å². The van der Waals surface area contributed by atoms with Gasteiger partial charge >= 0.3 is 5.97 Å². The molecule has 1 saturated heterocycles. The molecule has 1 heterocycles. The Bertz CT molecular complexity index is 864. The summed E-state index contributed by atoms with van der Waals surface area (Å²) in [6.07, 6.45) is 2.04. The van der Waals surface area contributed by atoms with Crippen LogP contribution < -0.4 is 13.8 Å². The minimum atomic E-state index is -3.76. The molecular weight excluding hydrogens is 412 g/mol. The maximum Gasteiger partial charge on any atom is 0.309 e. The first-order valence-electron chi connectivity index (χ1n) is 9.80. The van der Waals surface area contributed by atoms with E-state index in [1.807, 2.05) is 0 Å². The van der Waals surface area contributed by atoms with Gasteiger partial charge in [0.15, 0.2) is 11.5 Å². The predicted molar refractivity (Wildman–Crippen MR) is 112 cm³/mol. The molecule has 10 heteroatoms. The molecule has 0 radical (unpaired) electrons. The topological polar surface area (TPSA) is 102 Å². The second kappa shape index (κ2) is 10.0. The molecule has 0 aliphatic carbocycles. The van der Waals surface area contributed by atoms with Crippen molar-refractivity contribution in [3.05, 3.63) is 18.2 Å². The van der Waals surface area contributed by atoms with Gasteiger partial charge in [0.25, 0.3) is 0 Å². The first-order chi connectivity index (χ1) is 14.1. The third-order valence-corrected chi connectivity index (χ3v) is 6.36. The largest absolute Gasteiger partial charge is 0.493 e. The highest BCUT2D eigenvalue weighted by Gasteiger charge is 2.35. The van der Waals surface area contributed by atoms with Gasteiger partial charge in [-0.1, -0.05) is 0 Å². The average molecular weight is 443 g/mol. The number of likely N-dealkylation sites (tertiary alicyclic amines) is 1. The first-order valence-corrected chi connectivity index (χ1v) is 11.7. The maximum absolute atomic E-state index is 13.1. The summed E-state index contributed by atoms with van der Waals surface area (Å²) in [4.78, 5) is 26.6. The second-order valence-electron chi connectivity index (χ2n) is 7.13. The van der Waals surface area contributed by atoms with Gasteiger partial charge in [-0.05, 0) is 38.8 Å². The summed E-state index contributed by atoms with van der Waals surface area (Å²) in [6, 6.07) is 3.72. The molecule has 30 heavy (non-hydrogen) atoms. The summed E-state index contributed by atoms with van der Waals surface area (Å²) in [5.74, 6) is 0.00712. The Morgan fingerprint density at radius 1 is 1.17 bits per heavy atom. The number of nitrogens with zero attached hydrogens (tertiary/aromatic N) is 2. The molecule has 9 nitrogen and oxygen atoms in total. The molecule has 168 valence electrons. The van der Waals surface area contributed by atoms with E-state index in [0.717, 1.165) is 10.6 Å². The van der Waals surface area contributed by atoms with Crippen LogP contribution >= 0.6 is 0 Å². The van der Waals surface area contributed by atoms with E-state index < -0.39 is 16.1 Å². The fraction of sp³-hybridized carbons (Fsp3) is 0.600. The van der Waals surface area contributed by atoms with Gasteiger partial charge < -0.3 is 19.1 Å². The molecule has 2 rings (SSSR count). The summed E-state index contributed by atoms with van der Waals surface area (Å²) in [7, 11) is -0.825. The van der Waals surface area contributed by atoms with Crippen LogP contribution in [0.25, 0.3) is 0 Å². The monoisotopic (exact) mass is 442 g/mol. The first kappa shape index (κ1) is 23.8. The molecule has 0 unspecified atom stereocenters. The summed E-state index contributed by atoms with van der Waals surface area (Å²) >= 11 is 0. The highest BCUT2D eigenvalue weighted by Crippen LogP contribution is 2.33. The van der Waals surface area contributed by atoms with Crippen LogP contribution in [0.1, 0.15) is 26.7 Å². The van der Waals surface area contributed by atoms with E-state index in [9.17, 15) is 18.0 Å².